The number of benzene rings is 2. The van der Waals surface area contributed by atoms with E-state index in [1.54, 1.807) is 0 Å². The maximum atomic E-state index is 6.35. The van der Waals surface area contributed by atoms with Crippen LogP contribution in [0.3, 0.4) is 0 Å². The fourth-order valence-electron chi connectivity index (χ4n) is 5.47. The van der Waals surface area contributed by atoms with E-state index in [2.05, 4.69) is 78.0 Å². The number of unbranched alkanes of at least 4 members (excludes halogenated alkanes) is 6. The second-order valence-corrected chi connectivity index (χ2v) is 11.8. The van der Waals surface area contributed by atoms with Crippen LogP contribution in [0.15, 0.2) is 59.7 Å². The summed E-state index contributed by atoms with van der Waals surface area (Å²) >= 11 is 0. The van der Waals surface area contributed by atoms with Gasteiger partial charge in [-0.1, -0.05) is 99.4 Å². The molecule has 4 rings (SSSR count). The van der Waals surface area contributed by atoms with Crippen LogP contribution in [0.1, 0.15) is 108 Å². The molecule has 0 amide bonds. The van der Waals surface area contributed by atoms with Gasteiger partial charge in [-0.3, -0.25) is 0 Å². The summed E-state index contributed by atoms with van der Waals surface area (Å²) in [5, 5.41) is 0. The second kappa shape index (κ2) is 15.7. The van der Waals surface area contributed by atoms with Crippen LogP contribution < -0.4 is 9.47 Å². The molecule has 224 valence electrons. The van der Waals surface area contributed by atoms with Crippen molar-refractivity contribution in [2.24, 2.45) is 0 Å². The topological polar surface area (TPSA) is 57.1 Å². The van der Waals surface area contributed by atoms with Gasteiger partial charge in [-0.05, 0) is 64.7 Å². The molecule has 5 heteroatoms. The Bertz CT molecular complexity index is 1390. The van der Waals surface area contributed by atoms with Gasteiger partial charge in [0, 0.05) is 17.5 Å². The van der Waals surface area contributed by atoms with Crippen LogP contribution in [0.5, 0.6) is 11.5 Å². The van der Waals surface area contributed by atoms with Crippen molar-refractivity contribution in [2.45, 2.75) is 105 Å². The third-order valence-corrected chi connectivity index (χ3v) is 7.98. The van der Waals surface area contributed by atoms with Crippen molar-refractivity contribution in [1.29, 1.82) is 0 Å². The summed E-state index contributed by atoms with van der Waals surface area (Å²) in [7, 11) is 0. The molecule has 0 aliphatic heterocycles. The monoisotopic (exact) mass is 567 g/mol. The van der Waals surface area contributed by atoms with Crippen molar-refractivity contribution in [2.75, 3.05) is 13.2 Å². The quantitative estimate of drug-likeness (QED) is 0.171. The Morgan fingerprint density at radius 2 is 1.40 bits per heavy atom. The minimum Gasteiger partial charge on any atom is -0.493 e. The van der Waals surface area contributed by atoms with Crippen LogP contribution in [-0.2, 0) is 0 Å². The number of hydrogen-bond acceptors (Lipinski definition) is 5. The molecule has 1 aromatic heterocycles. The smallest absolute Gasteiger partial charge is 0.167 e. The lowest BCUT2D eigenvalue weighted by Crippen LogP contribution is -2.12. The maximum absolute atomic E-state index is 6.35. The summed E-state index contributed by atoms with van der Waals surface area (Å²) in [4.78, 5) is 15.2. The highest BCUT2D eigenvalue weighted by Gasteiger charge is 2.23. The fraction of sp³-hybridized carbons (Fsp3) is 0.486. The van der Waals surface area contributed by atoms with Gasteiger partial charge in [-0.25, -0.2) is 15.0 Å². The van der Waals surface area contributed by atoms with E-state index in [4.69, 9.17) is 24.4 Å². The molecule has 42 heavy (non-hydrogen) atoms. The zero-order chi connectivity index (χ0) is 29.9. The van der Waals surface area contributed by atoms with Crippen molar-refractivity contribution in [3.63, 3.8) is 0 Å². The van der Waals surface area contributed by atoms with Crippen molar-refractivity contribution >= 4 is 0 Å². The summed E-state index contributed by atoms with van der Waals surface area (Å²) < 4.78 is 12.5. The zero-order valence-corrected chi connectivity index (χ0v) is 26.6. The highest BCUT2D eigenvalue weighted by Crippen LogP contribution is 2.36. The highest BCUT2D eigenvalue weighted by molar-refractivity contribution is 5.69. The van der Waals surface area contributed by atoms with Gasteiger partial charge in [0.25, 0.3) is 0 Å². The van der Waals surface area contributed by atoms with E-state index in [9.17, 15) is 0 Å². The van der Waals surface area contributed by atoms with Gasteiger partial charge >= 0.3 is 0 Å². The Morgan fingerprint density at radius 3 is 2.14 bits per heavy atom. The number of aromatic nitrogens is 3. The summed E-state index contributed by atoms with van der Waals surface area (Å²) in [5.74, 6) is 3.85. The molecule has 0 bridgehead atoms. The van der Waals surface area contributed by atoms with Crippen LogP contribution in [0.4, 0.5) is 0 Å². The van der Waals surface area contributed by atoms with E-state index >= 15 is 0 Å². The largest absolute Gasteiger partial charge is 0.493 e. The van der Waals surface area contributed by atoms with Gasteiger partial charge in [0.05, 0.1) is 18.8 Å². The van der Waals surface area contributed by atoms with Gasteiger partial charge in [0.2, 0.25) is 0 Å². The van der Waals surface area contributed by atoms with Crippen molar-refractivity contribution < 1.29 is 9.47 Å². The molecule has 1 unspecified atom stereocenters. The first-order chi connectivity index (χ1) is 20.4. The SMILES string of the molecule is CCCCCCCCOc1ccc(-c2nc(-c3ccc(C)cc3C)nc(C3CC=C(C)C=C3C)n2)c(OCCCC)c1. The molecule has 5 nitrogen and oxygen atoms in total. The van der Waals surface area contributed by atoms with Crippen LogP contribution in [-0.4, -0.2) is 28.2 Å². The first-order valence-electron chi connectivity index (χ1n) is 16.0. The zero-order valence-electron chi connectivity index (χ0n) is 26.6. The molecule has 0 radical (unpaired) electrons. The molecular weight excluding hydrogens is 518 g/mol. The number of hydrogen-bond donors (Lipinski definition) is 0. The molecule has 1 aliphatic carbocycles. The van der Waals surface area contributed by atoms with Crippen LogP contribution in [0.25, 0.3) is 22.8 Å². The first-order valence-corrected chi connectivity index (χ1v) is 16.0. The third kappa shape index (κ3) is 8.53. The standard InChI is InChI=1S/C37H49N3O2/c1-7-9-11-12-13-14-22-41-30-17-20-33(34(25-30)42-21-10-8-2)37-39-35(31-18-15-26(3)23-28(31)5)38-36(40-37)32-19-16-27(4)24-29(32)6/h15-18,20,23-25,32H,7-14,19,21-22H2,1-6H3. The average Bonchev–Trinajstić information content (AvgIpc) is 2.97. The molecule has 1 heterocycles. The minimum absolute atomic E-state index is 0.115. The number of rotatable bonds is 15. The molecule has 2 aromatic carbocycles. The Hall–Kier alpha value is -3.47. The third-order valence-electron chi connectivity index (χ3n) is 7.98. The van der Waals surface area contributed by atoms with Gasteiger partial charge in [-0.15, -0.1) is 0 Å². The van der Waals surface area contributed by atoms with E-state index in [1.165, 1.54) is 48.8 Å². The lowest BCUT2D eigenvalue weighted by molar-refractivity contribution is 0.292. The molecule has 1 aliphatic rings. The number of aryl methyl sites for hydroxylation is 2. The van der Waals surface area contributed by atoms with E-state index < -0.39 is 0 Å². The summed E-state index contributed by atoms with van der Waals surface area (Å²) in [6.45, 7) is 14.3. The number of allylic oxidation sites excluding steroid dienone is 4. The molecular formula is C37H49N3O2. The van der Waals surface area contributed by atoms with Crippen molar-refractivity contribution in [3.8, 4) is 34.3 Å². The minimum atomic E-state index is 0.115. The fourth-order valence-corrected chi connectivity index (χ4v) is 5.47. The Balaban J connectivity index is 1.69. The molecule has 0 N–H and O–H groups in total. The number of ether oxygens (including phenoxy) is 2. The Morgan fingerprint density at radius 1 is 0.714 bits per heavy atom. The molecule has 0 saturated heterocycles. The average molecular weight is 568 g/mol. The van der Waals surface area contributed by atoms with Gasteiger partial charge in [0.1, 0.15) is 17.3 Å². The normalized spacial score (nSPS) is 14.9. The van der Waals surface area contributed by atoms with E-state index in [0.29, 0.717) is 24.9 Å². The summed E-state index contributed by atoms with van der Waals surface area (Å²) in [6.07, 6.45) is 14.9. The van der Waals surface area contributed by atoms with Crippen LogP contribution >= 0.6 is 0 Å². The lowest BCUT2D eigenvalue weighted by atomic mass is 9.89. The Labute approximate surface area is 253 Å². The summed E-state index contributed by atoms with van der Waals surface area (Å²) in [6, 6.07) is 12.5. The van der Waals surface area contributed by atoms with E-state index in [-0.39, 0.29) is 5.92 Å². The molecule has 0 spiro atoms. The van der Waals surface area contributed by atoms with E-state index in [1.807, 2.05) is 12.1 Å². The second-order valence-electron chi connectivity index (χ2n) is 11.8. The highest BCUT2D eigenvalue weighted by atomic mass is 16.5. The van der Waals surface area contributed by atoms with Gasteiger partial charge < -0.3 is 9.47 Å². The number of nitrogens with zero attached hydrogens (tertiary/aromatic N) is 3. The van der Waals surface area contributed by atoms with Gasteiger partial charge in [0.15, 0.2) is 11.6 Å². The molecule has 3 aromatic rings. The van der Waals surface area contributed by atoms with Gasteiger partial charge in [-0.2, -0.15) is 0 Å². The van der Waals surface area contributed by atoms with Crippen LogP contribution in [0.2, 0.25) is 0 Å². The maximum Gasteiger partial charge on any atom is 0.167 e. The van der Waals surface area contributed by atoms with Crippen molar-refractivity contribution in [1.82, 2.24) is 15.0 Å². The molecule has 0 saturated carbocycles. The van der Waals surface area contributed by atoms with Crippen LogP contribution in [0, 0.1) is 13.8 Å². The summed E-state index contributed by atoms with van der Waals surface area (Å²) in [5.41, 5.74) is 6.84. The van der Waals surface area contributed by atoms with E-state index in [0.717, 1.165) is 59.7 Å². The predicted molar refractivity (Wildman–Crippen MR) is 174 cm³/mol. The first kappa shape index (κ1) is 31.5. The Kier molecular flexibility index (Phi) is 11.7. The molecule has 0 fully saturated rings. The lowest BCUT2D eigenvalue weighted by Gasteiger charge is -2.21. The van der Waals surface area contributed by atoms with Crippen molar-refractivity contribution in [3.05, 3.63) is 76.6 Å². The molecule has 1 atom stereocenters. The predicted octanol–water partition coefficient (Wildman–Crippen LogP) is 10.1.